The van der Waals surface area contributed by atoms with Crippen LogP contribution >= 0.6 is 11.6 Å². The van der Waals surface area contributed by atoms with Crippen molar-refractivity contribution in [3.05, 3.63) is 28.8 Å². The topological polar surface area (TPSA) is 52.6 Å². The third-order valence-electron chi connectivity index (χ3n) is 7.83. The fraction of sp³-hybridized carbons (Fsp3) is 0.682. The number of amides is 2. The first-order valence-electron chi connectivity index (χ1n) is 10.7. The number of fused-ring (bicyclic) bond motifs is 2. The molecular formula is C22H26ClF3N2O2. The number of nitrogens with one attached hydrogen (secondary N) is 1. The Morgan fingerprint density at radius 1 is 1.30 bits per heavy atom. The summed E-state index contributed by atoms with van der Waals surface area (Å²) in [6.45, 7) is 1.98. The van der Waals surface area contributed by atoms with Crippen molar-refractivity contribution >= 4 is 23.3 Å². The number of piperidine rings is 1. The number of carbonyl (C=O) groups is 1. The van der Waals surface area contributed by atoms with Crippen molar-refractivity contribution in [3.8, 4) is 0 Å². The highest BCUT2D eigenvalue weighted by Crippen LogP contribution is 2.62. The van der Waals surface area contributed by atoms with Gasteiger partial charge in [0.15, 0.2) is 0 Å². The van der Waals surface area contributed by atoms with Gasteiger partial charge in [-0.3, -0.25) is 0 Å². The van der Waals surface area contributed by atoms with E-state index in [1.54, 1.807) is 17.0 Å². The second kappa shape index (κ2) is 6.76. The van der Waals surface area contributed by atoms with E-state index in [-0.39, 0.29) is 42.8 Å². The smallest absolute Gasteiger partial charge is 0.390 e. The first-order valence-corrected chi connectivity index (χ1v) is 11.1. The third kappa shape index (κ3) is 3.48. The fourth-order valence-corrected chi connectivity index (χ4v) is 6.60. The van der Waals surface area contributed by atoms with Gasteiger partial charge in [0.2, 0.25) is 0 Å². The van der Waals surface area contributed by atoms with Crippen LogP contribution in [0.4, 0.5) is 23.7 Å². The molecule has 4 nitrogen and oxygen atoms in total. The molecule has 3 aliphatic carbocycles. The Morgan fingerprint density at radius 2 is 2.03 bits per heavy atom. The van der Waals surface area contributed by atoms with E-state index in [0.29, 0.717) is 30.0 Å². The van der Waals surface area contributed by atoms with Gasteiger partial charge in [-0.2, -0.15) is 13.2 Å². The van der Waals surface area contributed by atoms with Crippen molar-refractivity contribution < 1.29 is 23.1 Å². The summed E-state index contributed by atoms with van der Waals surface area (Å²) >= 11 is 6.38. The number of nitrogens with zero attached hydrogens (tertiary/aromatic N) is 1. The van der Waals surface area contributed by atoms with Crippen LogP contribution in [-0.2, 0) is 0 Å². The standard InChI is InChI=1S/C22H26ClF3N2O2/c1-21(30)5-4-11(9-21)14-7-13(2-3-18(14)23)27-20(29)28-10-12-6-15-16(19(15)28)8-17(12)22(24,25)26/h2-3,7,11-12,15-17,19,30H,4-6,8-10H2,1H3,(H,27,29)/t11-,12?,15?,16?,17?,19?,21-/m0/s1. The van der Waals surface area contributed by atoms with Crippen LogP contribution in [-0.4, -0.2) is 40.4 Å². The number of aliphatic hydroxyl groups is 1. The van der Waals surface area contributed by atoms with Gasteiger partial charge < -0.3 is 15.3 Å². The van der Waals surface area contributed by atoms with Gasteiger partial charge in [0.05, 0.1) is 11.5 Å². The largest absolute Gasteiger partial charge is 0.392 e. The molecule has 164 valence electrons. The number of hydrogen-bond donors (Lipinski definition) is 2. The number of benzene rings is 1. The van der Waals surface area contributed by atoms with E-state index in [1.165, 1.54) is 0 Å². The van der Waals surface area contributed by atoms with Crippen molar-refractivity contribution in [2.75, 3.05) is 11.9 Å². The molecule has 5 unspecified atom stereocenters. The lowest BCUT2D eigenvalue weighted by Crippen LogP contribution is -2.46. The maximum absolute atomic E-state index is 13.4. The lowest BCUT2D eigenvalue weighted by molar-refractivity contribution is -0.197. The Morgan fingerprint density at radius 3 is 2.70 bits per heavy atom. The van der Waals surface area contributed by atoms with E-state index in [2.05, 4.69) is 5.32 Å². The quantitative estimate of drug-likeness (QED) is 0.643. The Balaban J connectivity index is 1.31. The molecule has 30 heavy (non-hydrogen) atoms. The van der Waals surface area contributed by atoms with Crippen molar-refractivity contribution in [2.24, 2.45) is 23.7 Å². The maximum atomic E-state index is 13.4. The number of urea groups is 1. The Bertz CT molecular complexity index is 874. The fourth-order valence-electron chi connectivity index (χ4n) is 6.33. The first-order chi connectivity index (χ1) is 14.0. The van der Waals surface area contributed by atoms with Gasteiger partial charge in [0.1, 0.15) is 0 Å². The molecule has 1 saturated heterocycles. The van der Waals surface area contributed by atoms with Gasteiger partial charge in [-0.1, -0.05) is 11.6 Å². The summed E-state index contributed by atoms with van der Waals surface area (Å²) in [6, 6.07) is 4.91. The first kappa shape index (κ1) is 20.4. The van der Waals surface area contributed by atoms with E-state index in [9.17, 15) is 23.1 Å². The van der Waals surface area contributed by atoms with Gasteiger partial charge in [0.25, 0.3) is 0 Å². The van der Waals surface area contributed by atoms with Crippen LogP contribution in [0.2, 0.25) is 5.02 Å². The summed E-state index contributed by atoms with van der Waals surface area (Å²) in [5.74, 6) is -1.48. The van der Waals surface area contributed by atoms with Crippen molar-refractivity contribution in [2.45, 2.75) is 62.8 Å². The van der Waals surface area contributed by atoms with E-state index < -0.39 is 23.6 Å². The third-order valence-corrected chi connectivity index (χ3v) is 8.18. The summed E-state index contributed by atoms with van der Waals surface area (Å²) in [5, 5.41) is 13.8. The summed E-state index contributed by atoms with van der Waals surface area (Å²) in [7, 11) is 0. The Kier molecular flexibility index (Phi) is 4.61. The molecule has 7 atom stereocenters. The summed E-state index contributed by atoms with van der Waals surface area (Å²) < 4.78 is 40.2. The van der Waals surface area contributed by atoms with Crippen molar-refractivity contribution in [1.29, 1.82) is 0 Å². The second-order valence-corrected chi connectivity index (χ2v) is 10.4. The summed E-state index contributed by atoms with van der Waals surface area (Å²) in [6.07, 6.45) is -1.33. The molecule has 5 rings (SSSR count). The molecule has 0 spiro atoms. The van der Waals surface area contributed by atoms with Gasteiger partial charge in [-0.15, -0.1) is 0 Å². The molecule has 4 aliphatic rings. The minimum Gasteiger partial charge on any atom is -0.390 e. The average Bonchev–Trinajstić information content (AvgIpc) is 3.31. The SMILES string of the molecule is C[C@]1(O)CC[C@H](c2cc(NC(=O)N3CC4CC5C(CC4C(F)(F)F)C53)ccc2Cl)C1. The predicted octanol–water partition coefficient (Wildman–Crippen LogP) is 5.41. The average molecular weight is 443 g/mol. The lowest BCUT2D eigenvalue weighted by atomic mass is 9.78. The number of carbonyl (C=O) groups excluding carboxylic acids is 1. The van der Waals surface area contributed by atoms with Crippen LogP contribution in [0.15, 0.2) is 18.2 Å². The number of likely N-dealkylation sites (tertiary alicyclic amines) is 1. The zero-order chi connectivity index (χ0) is 21.4. The van der Waals surface area contributed by atoms with Crippen LogP contribution < -0.4 is 5.32 Å². The molecule has 2 amide bonds. The summed E-state index contributed by atoms with van der Waals surface area (Å²) in [5.41, 5.74) is 0.775. The predicted molar refractivity (Wildman–Crippen MR) is 107 cm³/mol. The van der Waals surface area contributed by atoms with E-state index in [1.807, 2.05) is 13.0 Å². The number of alkyl halides is 3. The molecule has 4 fully saturated rings. The maximum Gasteiger partial charge on any atom is 0.392 e. The minimum absolute atomic E-state index is 0.0253. The summed E-state index contributed by atoms with van der Waals surface area (Å²) in [4.78, 5) is 14.6. The highest BCUT2D eigenvalue weighted by atomic mass is 35.5. The molecule has 1 heterocycles. The highest BCUT2D eigenvalue weighted by molar-refractivity contribution is 6.31. The Hall–Kier alpha value is -1.47. The molecule has 0 radical (unpaired) electrons. The van der Waals surface area contributed by atoms with Gasteiger partial charge in [-0.25, -0.2) is 4.79 Å². The van der Waals surface area contributed by atoms with E-state index in [0.717, 1.165) is 12.0 Å². The molecule has 1 aliphatic heterocycles. The highest BCUT2D eigenvalue weighted by Gasteiger charge is 2.66. The number of halogens is 4. The zero-order valence-electron chi connectivity index (χ0n) is 16.8. The molecule has 2 N–H and O–H groups in total. The van der Waals surface area contributed by atoms with Gasteiger partial charge in [0, 0.05) is 23.3 Å². The normalized spacial score (nSPS) is 39.7. The number of rotatable bonds is 2. The van der Waals surface area contributed by atoms with E-state index >= 15 is 0 Å². The van der Waals surface area contributed by atoms with Crippen LogP contribution in [0.1, 0.15) is 50.5 Å². The van der Waals surface area contributed by atoms with Crippen molar-refractivity contribution in [1.82, 2.24) is 4.90 Å². The molecule has 0 aromatic heterocycles. The number of anilines is 1. The molecule has 2 bridgehead atoms. The molecule has 8 heteroatoms. The molecule has 1 aromatic rings. The van der Waals surface area contributed by atoms with E-state index in [4.69, 9.17) is 11.6 Å². The van der Waals surface area contributed by atoms with Crippen LogP contribution in [0.3, 0.4) is 0 Å². The molecular weight excluding hydrogens is 417 g/mol. The van der Waals surface area contributed by atoms with Crippen LogP contribution in [0.5, 0.6) is 0 Å². The van der Waals surface area contributed by atoms with Crippen molar-refractivity contribution in [3.63, 3.8) is 0 Å². The Labute approximate surface area is 178 Å². The monoisotopic (exact) mass is 442 g/mol. The van der Waals surface area contributed by atoms with Gasteiger partial charge >= 0.3 is 12.2 Å². The molecule has 1 aromatic carbocycles. The zero-order valence-corrected chi connectivity index (χ0v) is 17.5. The van der Waals surface area contributed by atoms with Gasteiger partial charge in [-0.05, 0) is 86.5 Å². The molecule has 3 saturated carbocycles. The number of hydrogen-bond acceptors (Lipinski definition) is 2. The van der Waals surface area contributed by atoms with Crippen LogP contribution in [0, 0.1) is 23.7 Å². The second-order valence-electron chi connectivity index (χ2n) is 9.95. The van der Waals surface area contributed by atoms with Crippen LogP contribution in [0.25, 0.3) is 0 Å². The minimum atomic E-state index is -4.19. The lowest BCUT2D eigenvalue weighted by Gasteiger charge is -2.37.